The van der Waals surface area contributed by atoms with Gasteiger partial charge in [-0.1, -0.05) is 5.16 Å². The summed E-state index contributed by atoms with van der Waals surface area (Å²) in [6, 6.07) is 5.13. The lowest BCUT2D eigenvalue weighted by Crippen LogP contribution is -2.16. The van der Waals surface area contributed by atoms with Crippen molar-refractivity contribution >= 4 is 5.97 Å². The van der Waals surface area contributed by atoms with Crippen molar-refractivity contribution in [1.82, 2.24) is 5.16 Å². The largest absolute Gasteiger partial charge is 0.497 e. The highest BCUT2D eigenvalue weighted by atomic mass is 16.5. The van der Waals surface area contributed by atoms with E-state index in [9.17, 15) is 9.90 Å². The molecule has 0 aliphatic carbocycles. The molecule has 1 N–H and O–H groups in total. The number of carboxylic acids is 1. The second-order valence-corrected chi connectivity index (χ2v) is 5.01. The summed E-state index contributed by atoms with van der Waals surface area (Å²) in [5.41, 5.74) is 2.07. The maximum Gasteiger partial charge on any atom is 0.311 e. The van der Waals surface area contributed by atoms with Crippen LogP contribution >= 0.6 is 0 Å². The Kier molecular flexibility index (Phi) is 4.70. The fraction of sp³-hybridized carbons (Fsp3) is 0.375. The monoisotopic (exact) mass is 305 g/mol. The molecular formula is C16H19NO5. The fourth-order valence-corrected chi connectivity index (χ4v) is 2.44. The summed E-state index contributed by atoms with van der Waals surface area (Å²) in [6.07, 6.45) is 0.278. The van der Waals surface area contributed by atoms with Crippen LogP contribution in [0.15, 0.2) is 22.7 Å². The highest BCUT2D eigenvalue weighted by Crippen LogP contribution is 2.34. The maximum absolute atomic E-state index is 11.8. The predicted octanol–water partition coefficient (Wildman–Crippen LogP) is 2.72. The average molecular weight is 305 g/mol. The molecular weight excluding hydrogens is 286 g/mol. The van der Waals surface area contributed by atoms with E-state index in [2.05, 4.69) is 5.16 Å². The van der Waals surface area contributed by atoms with Crippen molar-refractivity contribution < 1.29 is 23.9 Å². The Balaban J connectivity index is 2.46. The number of aliphatic carboxylic acids is 1. The zero-order valence-corrected chi connectivity index (χ0v) is 13.0. The molecule has 6 nitrogen and oxygen atoms in total. The Hall–Kier alpha value is -2.50. The predicted molar refractivity (Wildman–Crippen MR) is 79.6 cm³/mol. The topological polar surface area (TPSA) is 81.8 Å². The molecule has 0 aliphatic rings. The van der Waals surface area contributed by atoms with Gasteiger partial charge in [-0.2, -0.15) is 0 Å². The van der Waals surface area contributed by atoms with E-state index in [1.54, 1.807) is 32.0 Å². The molecule has 1 aromatic carbocycles. The molecule has 118 valence electrons. The summed E-state index contributed by atoms with van der Waals surface area (Å²) < 4.78 is 15.6. The lowest BCUT2D eigenvalue weighted by atomic mass is 9.90. The minimum Gasteiger partial charge on any atom is -0.497 e. The molecule has 0 aliphatic heterocycles. The van der Waals surface area contributed by atoms with E-state index in [1.807, 2.05) is 0 Å². The number of nitrogens with zero attached hydrogens (tertiary/aromatic N) is 1. The van der Waals surface area contributed by atoms with Crippen LogP contribution in [0.3, 0.4) is 0 Å². The molecule has 1 aromatic heterocycles. The molecule has 0 saturated carbocycles. The first-order chi connectivity index (χ1) is 10.5. The van der Waals surface area contributed by atoms with Crippen molar-refractivity contribution in [3.05, 3.63) is 40.8 Å². The molecule has 0 fully saturated rings. The van der Waals surface area contributed by atoms with Crippen molar-refractivity contribution in [2.45, 2.75) is 26.2 Å². The minimum atomic E-state index is -0.938. The Bertz CT molecular complexity index is 658. The molecule has 0 spiro atoms. The first kappa shape index (κ1) is 15.9. The van der Waals surface area contributed by atoms with Crippen LogP contribution in [0.1, 0.15) is 28.5 Å². The second kappa shape index (κ2) is 6.51. The molecule has 2 rings (SSSR count). The summed E-state index contributed by atoms with van der Waals surface area (Å²) in [5.74, 6) is 0.0137. The van der Waals surface area contributed by atoms with Gasteiger partial charge in [-0.3, -0.25) is 4.79 Å². The third-order valence-electron chi connectivity index (χ3n) is 3.70. The van der Waals surface area contributed by atoms with Crippen LogP contribution in [0.4, 0.5) is 0 Å². The Morgan fingerprint density at radius 1 is 1.32 bits per heavy atom. The summed E-state index contributed by atoms with van der Waals surface area (Å²) >= 11 is 0. The Morgan fingerprint density at radius 3 is 2.55 bits per heavy atom. The SMILES string of the molecule is COc1ccc(OC)c(C(Cc2c(C)noc2C)C(=O)O)c1. The molecule has 0 amide bonds. The van der Waals surface area contributed by atoms with Crippen LogP contribution in [0.2, 0.25) is 0 Å². The van der Waals surface area contributed by atoms with Gasteiger partial charge in [-0.05, 0) is 38.5 Å². The van der Waals surface area contributed by atoms with Crippen molar-refractivity contribution in [2.75, 3.05) is 14.2 Å². The van der Waals surface area contributed by atoms with Gasteiger partial charge < -0.3 is 19.1 Å². The Labute approximate surface area is 128 Å². The number of carbonyl (C=O) groups is 1. The lowest BCUT2D eigenvalue weighted by Gasteiger charge is -2.17. The highest BCUT2D eigenvalue weighted by Gasteiger charge is 2.27. The molecule has 0 saturated heterocycles. The molecule has 1 atom stereocenters. The lowest BCUT2D eigenvalue weighted by molar-refractivity contribution is -0.138. The maximum atomic E-state index is 11.8. The molecule has 22 heavy (non-hydrogen) atoms. The van der Waals surface area contributed by atoms with Gasteiger partial charge in [0, 0.05) is 11.1 Å². The number of aryl methyl sites for hydroxylation is 2. The molecule has 1 heterocycles. The summed E-state index contributed by atoms with van der Waals surface area (Å²) in [4.78, 5) is 11.8. The highest BCUT2D eigenvalue weighted by molar-refractivity contribution is 5.78. The third-order valence-corrected chi connectivity index (χ3v) is 3.70. The van der Waals surface area contributed by atoms with Crippen LogP contribution < -0.4 is 9.47 Å². The van der Waals surface area contributed by atoms with Gasteiger partial charge >= 0.3 is 5.97 Å². The average Bonchev–Trinajstić information content (AvgIpc) is 2.82. The minimum absolute atomic E-state index is 0.278. The van der Waals surface area contributed by atoms with E-state index in [-0.39, 0.29) is 6.42 Å². The first-order valence-corrected chi connectivity index (χ1v) is 6.84. The zero-order chi connectivity index (χ0) is 16.3. The van der Waals surface area contributed by atoms with E-state index in [1.165, 1.54) is 14.2 Å². The van der Waals surface area contributed by atoms with Crippen LogP contribution in [0.25, 0.3) is 0 Å². The van der Waals surface area contributed by atoms with Gasteiger partial charge in [-0.15, -0.1) is 0 Å². The van der Waals surface area contributed by atoms with Gasteiger partial charge in [0.25, 0.3) is 0 Å². The zero-order valence-electron chi connectivity index (χ0n) is 13.0. The number of rotatable bonds is 6. The number of methoxy groups -OCH3 is 2. The number of aromatic nitrogens is 1. The molecule has 0 bridgehead atoms. The van der Waals surface area contributed by atoms with Gasteiger partial charge in [0.2, 0.25) is 0 Å². The van der Waals surface area contributed by atoms with Crippen LogP contribution in [0, 0.1) is 13.8 Å². The molecule has 0 radical (unpaired) electrons. The van der Waals surface area contributed by atoms with Crippen LogP contribution in [-0.2, 0) is 11.2 Å². The molecule has 6 heteroatoms. The second-order valence-electron chi connectivity index (χ2n) is 5.01. The van der Waals surface area contributed by atoms with Crippen molar-refractivity contribution in [3.63, 3.8) is 0 Å². The van der Waals surface area contributed by atoms with E-state index in [4.69, 9.17) is 14.0 Å². The Morgan fingerprint density at radius 2 is 2.05 bits per heavy atom. The van der Waals surface area contributed by atoms with E-state index in [0.717, 1.165) is 5.56 Å². The number of hydrogen-bond acceptors (Lipinski definition) is 5. The quantitative estimate of drug-likeness (QED) is 0.883. The van der Waals surface area contributed by atoms with Gasteiger partial charge in [0.15, 0.2) is 0 Å². The normalized spacial score (nSPS) is 12.0. The number of ether oxygens (including phenoxy) is 2. The summed E-state index contributed by atoms with van der Waals surface area (Å²) in [7, 11) is 3.05. The van der Waals surface area contributed by atoms with Crippen LogP contribution in [-0.4, -0.2) is 30.5 Å². The summed E-state index contributed by atoms with van der Waals surface area (Å²) in [6.45, 7) is 3.57. The standard InChI is InChI=1S/C16H19NO5/c1-9-12(10(2)22-17-9)8-14(16(18)19)13-7-11(20-3)5-6-15(13)21-4/h5-7,14H,8H2,1-4H3,(H,18,19). The fourth-order valence-electron chi connectivity index (χ4n) is 2.44. The van der Waals surface area contributed by atoms with Crippen molar-refractivity contribution in [2.24, 2.45) is 0 Å². The van der Waals surface area contributed by atoms with Crippen molar-refractivity contribution in [1.29, 1.82) is 0 Å². The van der Waals surface area contributed by atoms with E-state index in [0.29, 0.717) is 28.5 Å². The number of hydrogen-bond donors (Lipinski definition) is 1. The number of carboxylic acid groups (broad SMARTS) is 1. The summed E-state index contributed by atoms with van der Waals surface area (Å²) in [5, 5.41) is 13.5. The third kappa shape index (κ3) is 3.05. The van der Waals surface area contributed by atoms with Gasteiger partial charge in [0.05, 0.1) is 25.8 Å². The first-order valence-electron chi connectivity index (χ1n) is 6.84. The smallest absolute Gasteiger partial charge is 0.311 e. The van der Waals surface area contributed by atoms with Gasteiger partial charge in [-0.25, -0.2) is 0 Å². The molecule has 2 aromatic rings. The van der Waals surface area contributed by atoms with Crippen molar-refractivity contribution in [3.8, 4) is 11.5 Å². The van der Waals surface area contributed by atoms with Gasteiger partial charge in [0.1, 0.15) is 17.3 Å². The number of benzene rings is 1. The van der Waals surface area contributed by atoms with Crippen LogP contribution in [0.5, 0.6) is 11.5 Å². The van der Waals surface area contributed by atoms with E-state index < -0.39 is 11.9 Å². The van der Waals surface area contributed by atoms with E-state index >= 15 is 0 Å². The molecule has 1 unspecified atom stereocenters.